The van der Waals surface area contributed by atoms with Crippen LogP contribution in [-0.2, 0) is 19.7 Å². The summed E-state index contributed by atoms with van der Waals surface area (Å²) in [5, 5.41) is 7.76. The SMILES string of the molecule is CCn1cc(COc2ccc(CNC3CC3)cc2Br)cn1. The van der Waals surface area contributed by atoms with E-state index in [0.29, 0.717) is 6.61 Å². The number of benzene rings is 1. The van der Waals surface area contributed by atoms with Gasteiger partial charge in [-0.2, -0.15) is 5.10 Å². The molecule has 2 aromatic rings. The first-order chi connectivity index (χ1) is 10.2. The van der Waals surface area contributed by atoms with E-state index in [1.807, 2.05) is 23.1 Å². The monoisotopic (exact) mass is 349 g/mol. The van der Waals surface area contributed by atoms with Crippen LogP contribution >= 0.6 is 15.9 Å². The molecule has 1 aromatic heterocycles. The lowest BCUT2D eigenvalue weighted by Gasteiger charge is -2.09. The minimum Gasteiger partial charge on any atom is -0.488 e. The summed E-state index contributed by atoms with van der Waals surface area (Å²) in [4.78, 5) is 0. The van der Waals surface area contributed by atoms with Gasteiger partial charge < -0.3 is 10.1 Å². The van der Waals surface area contributed by atoms with Crippen molar-refractivity contribution >= 4 is 15.9 Å². The number of ether oxygens (including phenoxy) is 1. The molecule has 1 N–H and O–H groups in total. The Morgan fingerprint density at radius 3 is 2.90 bits per heavy atom. The van der Waals surface area contributed by atoms with Gasteiger partial charge in [-0.05, 0) is 53.4 Å². The van der Waals surface area contributed by atoms with E-state index in [2.05, 4.69) is 45.4 Å². The maximum Gasteiger partial charge on any atom is 0.134 e. The van der Waals surface area contributed by atoms with Crippen LogP contribution in [0.1, 0.15) is 30.9 Å². The molecule has 4 nitrogen and oxygen atoms in total. The largest absolute Gasteiger partial charge is 0.488 e. The normalized spacial score (nSPS) is 14.4. The Labute approximate surface area is 133 Å². The molecular weight excluding hydrogens is 330 g/mol. The van der Waals surface area contributed by atoms with Crippen molar-refractivity contribution in [2.24, 2.45) is 0 Å². The minimum absolute atomic E-state index is 0.540. The van der Waals surface area contributed by atoms with Crippen LogP contribution in [0.4, 0.5) is 0 Å². The summed E-state index contributed by atoms with van der Waals surface area (Å²) in [6, 6.07) is 7.00. The van der Waals surface area contributed by atoms with Crippen molar-refractivity contribution in [3.05, 3.63) is 46.2 Å². The van der Waals surface area contributed by atoms with Crippen molar-refractivity contribution in [3.63, 3.8) is 0 Å². The summed E-state index contributed by atoms with van der Waals surface area (Å²) < 4.78 is 8.76. The van der Waals surface area contributed by atoms with Crippen molar-refractivity contribution in [2.75, 3.05) is 0 Å². The number of rotatable bonds is 7. The molecule has 0 unspecified atom stereocenters. The lowest BCUT2D eigenvalue weighted by atomic mass is 10.2. The number of hydrogen-bond acceptors (Lipinski definition) is 3. The molecule has 0 spiro atoms. The second kappa shape index (κ2) is 6.62. The van der Waals surface area contributed by atoms with E-state index in [4.69, 9.17) is 4.74 Å². The van der Waals surface area contributed by atoms with Crippen LogP contribution < -0.4 is 10.1 Å². The Balaban J connectivity index is 1.56. The Bertz CT molecular complexity index is 607. The molecule has 1 heterocycles. The van der Waals surface area contributed by atoms with Gasteiger partial charge in [-0.15, -0.1) is 0 Å². The van der Waals surface area contributed by atoms with E-state index < -0.39 is 0 Å². The van der Waals surface area contributed by atoms with Crippen LogP contribution in [0.2, 0.25) is 0 Å². The Morgan fingerprint density at radius 2 is 2.24 bits per heavy atom. The number of aromatic nitrogens is 2. The average Bonchev–Trinajstić information content (AvgIpc) is 3.21. The standard InChI is InChI=1S/C16H20BrN3O/c1-2-20-10-13(9-19-20)11-21-16-6-3-12(7-15(16)17)8-18-14-4-5-14/h3,6-7,9-10,14,18H,2,4-5,8,11H2,1H3. The predicted octanol–water partition coefficient (Wildman–Crippen LogP) is 3.50. The van der Waals surface area contributed by atoms with Gasteiger partial charge in [-0.3, -0.25) is 4.68 Å². The number of nitrogens with zero attached hydrogens (tertiary/aromatic N) is 2. The number of halogens is 1. The molecule has 0 saturated heterocycles. The molecule has 1 aromatic carbocycles. The van der Waals surface area contributed by atoms with Gasteiger partial charge in [-0.1, -0.05) is 6.07 Å². The third-order valence-corrected chi connectivity index (χ3v) is 4.19. The maximum atomic E-state index is 5.85. The van der Waals surface area contributed by atoms with Crippen LogP contribution in [0.15, 0.2) is 35.1 Å². The van der Waals surface area contributed by atoms with Crippen LogP contribution in [0, 0.1) is 0 Å². The van der Waals surface area contributed by atoms with E-state index >= 15 is 0 Å². The lowest BCUT2D eigenvalue weighted by Crippen LogP contribution is -2.15. The third-order valence-electron chi connectivity index (χ3n) is 3.57. The zero-order chi connectivity index (χ0) is 14.7. The highest BCUT2D eigenvalue weighted by atomic mass is 79.9. The van der Waals surface area contributed by atoms with Gasteiger partial charge in [0.25, 0.3) is 0 Å². The first kappa shape index (κ1) is 14.6. The fourth-order valence-electron chi connectivity index (χ4n) is 2.14. The van der Waals surface area contributed by atoms with E-state index in [1.54, 1.807) is 0 Å². The van der Waals surface area contributed by atoms with Crippen molar-refractivity contribution in [1.29, 1.82) is 0 Å². The van der Waals surface area contributed by atoms with E-state index in [1.165, 1.54) is 18.4 Å². The maximum absolute atomic E-state index is 5.85. The number of hydrogen-bond donors (Lipinski definition) is 1. The fraction of sp³-hybridized carbons (Fsp3) is 0.438. The highest BCUT2D eigenvalue weighted by Crippen LogP contribution is 2.27. The summed E-state index contributed by atoms with van der Waals surface area (Å²) in [5.41, 5.74) is 2.36. The first-order valence-electron chi connectivity index (χ1n) is 7.40. The summed E-state index contributed by atoms with van der Waals surface area (Å²) in [6.45, 7) is 4.42. The molecule has 1 aliphatic carbocycles. The predicted molar refractivity (Wildman–Crippen MR) is 86.2 cm³/mol. The van der Waals surface area contributed by atoms with Gasteiger partial charge in [-0.25, -0.2) is 0 Å². The molecule has 0 radical (unpaired) electrons. The van der Waals surface area contributed by atoms with Crippen molar-refractivity contribution in [1.82, 2.24) is 15.1 Å². The van der Waals surface area contributed by atoms with Crippen LogP contribution in [0.3, 0.4) is 0 Å². The molecular formula is C16H20BrN3O. The van der Waals surface area contributed by atoms with Gasteiger partial charge in [0.05, 0.1) is 10.7 Å². The quantitative estimate of drug-likeness (QED) is 0.831. The Kier molecular flexibility index (Phi) is 4.60. The molecule has 0 bridgehead atoms. The molecule has 1 saturated carbocycles. The van der Waals surface area contributed by atoms with Gasteiger partial charge >= 0.3 is 0 Å². The molecule has 1 aliphatic rings. The Hall–Kier alpha value is -1.33. The zero-order valence-corrected chi connectivity index (χ0v) is 13.8. The van der Waals surface area contributed by atoms with E-state index in [0.717, 1.165) is 34.9 Å². The highest BCUT2D eigenvalue weighted by molar-refractivity contribution is 9.10. The second-order valence-electron chi connectivity index (χ2n) is 5.41. The number of nitrogens with one attached hydrogen (secondary N) is 1. The van der Waals surface area contributed by atoms with E-state index in [-0.39, 0.29) is 0 Å². The molecule has 0 aliphatic heterocycles. The fourth-order valence-corrected chi connectivity index (χ4v) is 2.68. The van der Waals surface area contributed by atoms with Crippen LogP contribution in [0.25, 0.3) is 0 Å². The summed E-state index contributed by atoms with van der Waals surface area (Å²) in [7, 11) is 0. The Morgan fingerprint density at radius 1 is 1.38 bits per heavy atom. The molecule has 3 rings (SSSR count). The average molecular weight is 350 g/mol. The second-order valence-corrected chi connectivity index (χ2v) is 6.27. The smallest absolute Gasteiger partial charge is 0.134 e. The van der Waals surface area contributed by atoms with E-state index in [9.17, 15) is 0 Å². The van der Waals surface area contributed by atoms with Gasteiger partial charge in [0.2, 0.25) is 0 Å². The van der Waals surface area contributed by atoms with Gasteiger partial charge in [0.15, 0.2) is 0 Å². The van der Waals surface area contributed by atoms with Gasteiger partial charge in [0, 0.05) is 30.9 Å². The van der Waals surface area contributed by atoms with Crippen LogP contribution in [0.5, 0.6) is 5.75 Å². The molecule has 1 fully saturated rings. The first-order valence-corrected chi connectivity index (χ1v) is 8.20. The summed E-state index contributed by atoms with van der Waals surface area (Å²) >= 11 is 3.59. The molecule has 0 amide bonds. The van der Waals surface area contributed by atoms with Crippen molar-refractivity contribution in [2.45, 2.75) is 45.5 Å². The third kappa shape index (κ3) is 4.08. The minimum atomic E-state index is 0.540. The van der Waals surface area contributed by atoms with Gasteiger partial charge in [0.1, 0.15) is 12.4 Å². The van der Waals surface area contributed by atoms with Crippen molar-refractivity contribution < 1.29 is 4.74 Å². The number of aryl methyl sites for hydroxylation is 1. The molecule has 21 heavy (non-hydrogen) atoms. The molecule has 5 heteroatoms. The topological polar surface area (TPSA) is 39.1 Å². The van der Waals surface area contributed by atoms with Crippen molar-refractivity contribution in [3.8, 4) is 5.75 Å². The van der Waals surface area contributed by atoms with Crippen LogP contribution in [-0.4, -0.2) is 15.8 Å². The summed E-state index contributed by atoms with van der Waals surface area (Å²) in [5.74, 6) is 0.870. The lowest BCUT2D eigenvalue weighted by molar-refractivity contribution is 0.304. The highest BCUT2D eigenvalue weighted by Gasteiger charge is 2.20. The summed E-state index contributed by atoms with van der Waals surface area (Å²) in [6.07, 6.45) is 6.49. The molecule has 0 atom stereocenters. The zero-order valence-electron chi connectivity index (χ0n) is 12.2. The molecule has 112 valence electrons.